The third-order valence-corrected chi connectivity index (χ3v) is 4.48. The third-order valence-electron chi connectivity index (χ3n) is 3.54. The number of imide groups is 1. The number of carbonyl (C=O) groups excluding carboxylic acids is 3. The van der Waals surface area contributed by atoms with Crippen LogP contribution in [0.3, 0.4) is 0 Å². The van der Waals surface area contributed by atoms with Gasteiger partial charge in [-0.05, 0) is 32.0 Å². The molecule has 1 aromatic carbocycles. The molecule has 10 heteroatoms. The predicted molar refractivity (Wildman–Crippen MR) is 107 cm³/mol. The van der Waals surface area contributed by atoms with E-state index in [1.165, 1.54) is 11.3 Å². The number of hydrogen-bond donors (Lipinski definition) is 2. The highest BCUT2D eigenvalue weighted by Gasteiger charge is 2.15. The molecule has 156 valence electrons. The zero-order valence-electron chi connectivity index (χ0n) is 16.6. The summed E-state index contributed by atoms with van der Waals surface area (Å²) in [4.78, 5) is 39.4. The minimum absolute atomic E-state index is 0.0880. The molecule has 29 heavy (non-hydrogen) atoms. The Kier molecular flexibility index (Phi) is 7.96. The lowest BCUT2D eigenvalue weighted by molar-refractivity contribution is -0.147. The molecule has 0 aliphatic heterocycles. The van der Waals surface area contributed by atoms with Crippen molar-refractivity contribution < 1.29 is 28.6 Å². The molecule has 1 aromatic heterocycles. The lowest BCUT2D eigenvalue weighted by Crippen LogP contribution is -2.44. The lowest BCUT2D eigenvalue weighted by Gasteiger charge is -2.09. The highest BCUT2D eigenvalue weighted by atomic mass is 32.1. The standard InChI is InChI=1S/C19H23N3O6S/c1-11(2)20-19(25)22-16(23)9-28-17(24)8-13-10-29-18(21-13)12-5-6-14(26-3)15(7-12)27-4/h5-7,10-11H,8-9H2,1-4H3,(H2,20,22,23,25). The topological polar surface area (TPSA) is 116 Å². The van der Waals surface area contributed by atoms with Crippen LogP contribution in [0.5, 0.6) is 11.5 Å². The van der Waals surface area contributed by atoms with E-state index in [4.69, 9.17) is 14.2 Å². The summed E-state index contributed by atoms with van der Waals surface area (Å²) in [6, 6.07) is 4.66. The number of carbonyl (C=O) groups is 3. The number of amides is 3. The Morgan fingerprint density at radius 3 is 2.52 bits per heavy atom. The predicted octanol–water partition coefficient (Wildman–Crippen LogP) is 2.15. The number of nitrogens with zero attached hydrogens (tertiary/aromatic N) is 1. The molecule has 0 bridgehead atoms. The van der Waals surface area contributed by atoms with E-state index in [0.29, 0.717) is 22.2 Å². The van der Waals surface area contributed by atoms with Gasteiger partial charge < -0.3 is 19.5 Å². The lowest BCUT2D eigenvalue weighted by atomic mass is 10.2. The molecule has 0 saturated heterocycles. The van der Waals surface area contributed by atoms with Gasteiger partial charge in [-0.15, -0.1) is 11.3 Å². The third kappa shape index (κ3) is 6.75. The van der Waals surface area contributed by atoms with Crippen LogP contribution in [0.1, 0.15) is 19.5 Å². The van der Waals surface area contributed by atoms with Gasteiger partial charge in [0.05, 0.1) is 26.3 Å². The molecule has 0 atom stereocenters. The number of benzene rings is 1. The molecule has 0 aliphatic carbocycles. The summed E-state index contributed by atoms with van der Waals surface area (Å²) in [6.45, 7) is 2.97. The molecule has 0 fully saturated rings. The molecular formula is C19H23N3O6S. The van der Waals surface area contributed by atoms with E-state index in [1.54, 1.807) is 45.6 Å². The van der Waals surface area contributed by atoms with Crippen LogP contribution in [-0.4, -0.2) is 49.8 Å². The molecule has 3 amide bonds. The summed E-state index contributed by atoms with van der Waals surface area (Å²) >= 11 is 1.37. The van der Waals surface area contributed by atoms with Gasteiger partial charge in [-0.1, -0.05) is 0 Å². The van der Waals surface area contributed by atoms with Crippen molar-refractivity contribution in [3.8, 4) is 22.1 Å². The molecule has 1 heterocycles. The fourth-order valence-electron chi connectivity index (χ4n) is 2.30. The maximum atomic E-state index is 11.9. The van der Waals surface area contributed by atoms with Crippen LogP contribution in [0.25, 0.3) is 10.6 Å². The Morgan fingerprint density at radius 1 is 1.14 bits per heavy atom. The van der Waals surface area contributed by atoms with Gasteiger partial charge in [-0.2, -0.15) is 0 Å². The molecule has 0 unspecified atom stereocenters. The summed E-state index contributed by atoms with van der Waals surface area (Å²) in [5, 5.41) is 7.02. The number of urea groups is 1. The first-order chi connectivity index (χ1) is 13.8. The summed E-state index contributed by atoms with van der Waals surface area (Å²) in [6.07, 6.45) is -0.0880. The van der Waals surface area contributed by atoms with E-state index >= 15 is 0 Å². The summed E-state index contributed by atoms with van der Waals surface area (Å²) < 4.78 is 15.4. The molecule has 2 rings (SSSR count). The zero-order chi connectivity index (χ0) is 21.4. The van der Waals surface area contributed by atoms with Gasteiger partial charge in [0.1, 0.15) is 5.01 Å². The van der Waals surface area contributed by atoms with Gasteiger partial charge in [-0.3, -0.25) is 14.9 Å². The molecule has 9 nitrogen and oxygen atoms in total. The Labute approximate surface area is 172 Å². The Bertz CT molecular complexity index is 881. The van der Waals surface area contributed by atoms with Crippen molar-refractivity contribution >= 4 is 29.2 Å². The largest absolute Gasteiger partial charge is 0.493 e. The van der Waals surface area contributed by atoms with Gasteiger partial charge >= 0.3 is 12.0 Å². The monoisotopic (exact) mass is 421 g/mol. The maximum absolute atomic E-state index is 11.9. The van der Waals surface area contributed by atoms with E-state index in [-0.39, 0.29) is 12.5 Å². The highest BCUT2D eigenvalue weighted by molar-refractivity contribution is 7.13. The van der Waals surface area contributed by atoms with Crippen molar-refractivity contribution in [1.29, 1.82) is 0 Å². The number of aromatic nitrogens is 1. The Morgan fingerprint density at radius 2 is 1.86 bits per heavy atom. The molecule has 0 radical (unpaired) electrons. The van der Waals surface area contributed by atoms with Crippen molar-refractivity contribution in [3.63, 3.8) is 0 Å². The quantitative estimate of drug-likeness (QED) is 0.628. The first kappa shape index (κ1) is 22.2. The molecule has 0 saturated carbocycles. The van der Waals surface area contributed by atoms with Crippen LogP contribution in [0.15, 0.2) is 23.6 Å². The second-order valence-corrected chi connectivity index (χ2v) is 7.09. The van der Waals surface area contributed by atoms with E-state index in [2.05, 4.69) is 15.6 Å². The van der Waals surface area contributed by atoms with E-state index in [9.17, 15) is 14.4 Å². The number of rotatable bonds is 8. The summed E-state index contributed by atoms with van der Waals surface area (Å²) in [7, 11) is 3.11. The van der Waals surface area contributed by atoms with Crippen molar-refractivity contribution in [1.82, 2.24) is 15.6 Å². The Balaban J connectivity index is 1.89. The zero-order valence-corrected chi connectivity index (χ0v) is 17.4. The first-order valence-electron chi connectivity index (χ1n) is 8.75. The van der Waals surface area contributed by atoms with E-state index < -0.39 is 24.5 Å². The van der Waals surface area contributed by atoms with E-state index in [0.717, 1.165) is 5.56 Å². The second kappa shape index (κ2) is 10.4. The molecular weight excluding hydrogens is 398 g/mol. The average molecular weight is 421 g/mol. The molecule has 0 aliphatic rings. The number of ether oxygens (including phenoxy) is 3. The van der Waals surface area contributed by atoms with Crippen LogP contribution < -0.4 is 20.1 Å². The van der Waals surface area contributed by atoms with Crippen LogP contribution in [0.2, 0.25) is 0 Å². The second-order valence-electron chi connectivity index (χ2n) is 6.23. The fourth-order valence-corrected chi connectivity index (χ4v) is 3.11. The molecule has 0 spiro atoms. The van der Waals surface area contributed by atoms with Gasteiger partial charge in [0.2, 0.25) is 0 Å². The first-order valence-corrected chi connectivity index (χ1v) is 9.63. The number of nitrogens with one attached hydrogen (secondary N) is 2. The summed E-state index contributed by atoms with van der Waals surface area (Å²) in [5.41, 5.74) is 1.34. The Hall–Kier alpha value is -3.14. The van der Waals surface area contributed by atoms with Crippen molar-refractivity contribution in [2.75, 3.05) is 20.8 Å². The number of hydrogen-bond acceptors (Lipinski definition) is 8. The highest BCUT2D eigenvalue weighted by Crippen LogP contribution is 2.33. The van der Waals surface area contributed by atoms with Gasteiger partial charge in [0, 0.05) is 17.0 Å². The molecule has 2 N–H and O–H groups in total. The van der Waals surface area contributed by atoms with Crippen molar-refractivity contribution in [2.45, 2.75) is 26.3 Å². The fraction of sp³-hybridized carbons (Fsp3) is 0.368. The van der Waals surface area contributed by atoms with Gasteiger partial charge in [0.25, 0.3) is 5.91 Å². The maximum Gasteiger partial charge on any atom is 0.321 e. The molecule has 2 aromatic rings. The van der Waals surface area contributed by atoms with Crippen LogP contribution in [0, 0.1) is 0 Å². The van der Waals surface area contributed by atoms with Crippen LogP contribution in [0.4, 0.5) is 4.79 Å². The average Bonchev–Trinajstić information content (AvgIpc) is 3.13. The number of methoxy groups -OCH3 is 2. The normalized spacial score (nSPS) is 10.4. The number of thiazole rings is 1. The van der Waals surface area contributed by atoms with Gasteiger partial charge in [-0.25, -0.2) is 9.78 Å². The smallest absolute Gasteiger partial charge is 0.321 e. The van der Waals surface area contributed by atoms with Crippen molar-refractivity contribution in [3.05, 3.63) is 29.3 Å². The van der Waals surface area contributed by atoms with E-state index in [1.807, 2.05) is 6.07 Å². The van der Waals surface area contributed by atoms with Crippen molar-refractivity contribution in [2.24, 2.45) is 0 Å². The number of esters is 1. The minimum Gasteiger partial charge on any atom is -0.493 e. The SMILES string of the molecule is COc1ccc(-c2nc(CC(=O)OCC(=O)NC(=O)NC(C)C)cs2)cc1OC. The van der Waals surface area contributed by atoms with Crippen LogP contribution >= 0.6 is 11.3 Å². The van der Waals surface area contributed by atoms with Gasteiger partial charge in [0.15, 0.2) is 18.1 Å². The minimum atomic E-state index is -0.708. The van der Waals surface area contributed by atoms with Crippen LogP contribution in [-0.2, 0) is 20.7 Å². The summed E-state index contributed by atoms with van der Waals surface area (Å²) in [5.74, 6) is -0.139.